The number of thiazole rings is 1. The fourth-order valence-corrected chi connectivity index (χ4v) is 17.3. The maximum absolute atomic E-state index is 14.0. The predicted octanol–water partition coefficient (Wildman–Crippen LogP) is 22.5. The smallest absolute Gasteiger partial charge is 0.166 e. The van der Waals surface area contributed by atoms with Crippen LogP contribution in [-0.4, -0.2) is 155 Å². The minimum Gasteiger partial charge on any atom is -0.382 e. The molecule has 5 saturated carbocycles. The number of Topliss-reactive ketones (excluding diaryl/α,β-unsaturated/α-hetero) is 2. The number of nitrogens with one attached hydrogen (secondary N) is 8. The number of carbonyl (C=O) groups excluding carboxylic acids is 2. The molecule has 26 nitrogen and oxygen atoms in total. The highest BCUT2D eigenvalue weighted by Gasteiger charge is 2.34. The van der Waals surface area contributed by atoms with Gasteiger partial charge in [0.05, 0.1) is 66.0 Å². The number of benzene rings is 1. The van der Waals surface area contributed by atoms with Gasteiger partial charge < -0.3 is 52.3 Å². The first-order valence-electron chi connectivity index (χ1n) is 47.7. The van der Waals surface area contributed by atoms with Gasteiger partial charge in [0.1, 0.15) is 46.8 Å². The van der Waals surface area contributed by atoms with Crippen LogP contribution in [0.3, 0.4) is 0 Å². The van der Waals surface area contributed by atoms with Crippen LogP contribution in [0.1, 0.15) is 242 Å². The lowest BCUT2D eigenvalue weighted by Crippen LogP contribution is -2.50. The van der Waals surface area contributed by atoms with Gasteiger partial charge in [-0.25, -0.2) is 39.3 Å². The second kappa shape index (κ2) is 42.8. The molecule has 0 radical (unpaired) electrons. The van der Waals surface area contributed by atoms with Crippen LogP contribution in [0, 0.1) is 29.0 Å². The van der Waals surface area contributed by atoms with Crippen molar-refractivity contribution in [2.24, 2.45) is 11.8 Å². The molecule has 7 aliphatic rings. The van der Waals surface area contributed by atoms with Gasteiger partial charge in [-0.3, -0.25) is 39.5 Å². The summed E-state index contributed by atoms with van der Waals surface area (Å²) in [5.74, 6) is 6.50. The summed E-state index contributed by atoms with van der Waals surface area (Å²) in [6.07, 6.45) is 37.9. The van der Waals surface area contributed by atoms with Crippen LogP contribution in [-0.2, 0) is 12.8 Å². The van der Waals surface area contributed by atoms with Crippen LogP contribution in [0.15, 0.2) is 189 Å². The van der Waals surface area contributed by atoms with Crippen LogP contribution < -0.4 is 42.5 Å². The first kappa shape index (κ1) is 92.6. The molecule has 0 atom stereocenters. The molecule has 0 unspecified atom stereocenters. The quantitative estimate of drug-likeness (QED) is 0.0187. The van der Waals surface area contributed by atoms with Crippen molar-refractivity contribution in [2.45, 2.75) is 232 Å². The lowest BCUT2D eigenvalue weighted by atomic mass is 9.89. The molecule has 7 fully saturated rings. The van der Waals surface area contributed by atoms with E-state index in [0.29, 0.717) is 125 Å². The van der Waals surface area contributed by atoms with E-state index in [4.69, 9.17) is 10.2 Å². The minimum absolute atomic E-state index is 0.173. The lowest BCUT2D eigenvalue weighted by molar-refractivity contribution is 0.0562. The summed E-state index contributed by atoms with van der Waals surface area (Å²) < 4.78 is 15.2. The van der Waals surface area contributed by atoms with E-state index >= 15 is 0 Å². The second-order valence-electron chi connectivity index (χ2n) is 38.2. The summed E-state index contributed by atoms with van der Waals surface area (Å²) in [6.45, 7) is 26.2. The number of likely N-dealkylation sites (tertiary alicyclic amines) is 2. The third-order valence-corrected chi connectivity index (χ3v) is 26.1. The molecule has 15 heterocycles. The first-order chi connectivity index (χ1) is 65.0. The Morgan fingerprint density at radius 3 is 1.25 bits per heavy atom. The molecule has 5 aliphatic carbocycles. The molecular weight excluding hydrogens is 1690 g/mol. The van der Waals surface area contributed by atoms with Crippen LogP contribution in [0.25, 0.3) is 42.9 Å². The number of ketones is 2. The average molecular weight is 1810 g/mol. The number of nitriles is 1. The first-order valence-corrected chi connectivity index (χ1v) is 48.6. The van der Waals surface area contributed by atoms with E-state index in [0.717, 1.165) is 155 Å². The number of rotatable bonds is 31. The molecule has 2 aliphatic heterocycles. The van der Waals surface area contributed by atoms with Crippen molar-refractivity contribution >= 4 is 129 Å². The van der Waals surface area contributed by atoms with Gasteiger partial charge >= 0.3 is 0 Å². The van der Waals surface area contributed by atoms with E-state index in [1.54, 1.807) is 54.7 Å². The van der Waals surface area contributed by atoms with Gasteiger partial charge in [0.25, 0.3) is 0 Å². The van der Waals surface area contributed by atoms with Gasteiger partial charge in [0, 0.05) is 218 Å². The maximum atomic E-state index is 14.0. The Labute approximate surface area is 787 Å². The molecule has 13 aromatic heterocycles. The maximum Gasteiger partial charge on any atom is 0.166 e. The van der Waals surface area contributed by atoms with E-state index < -0.39 is 5.82 Å². The third kappa shape index (κ3) is 25.4. The van der Waals surface area contributed by atoms with Gasteiger partial charge in [-0.05, 0) is 255 Å². The SMILES string of the molecule is CC(C)N1CC(CC(=O)c2cnc(Nc3ccc4cnccc4n3)cc2NC2CC2)C1.CC(C)N1CCC(CC(=O)c2cnc(Nc3ccc4cnccc4n3)cc2NC2CC2)CC1.CC(C)c1cnc(Cc2ccc3ncsc3c2)cc1NC1CC1.CC(C)c1cnc(Cc2ncc(C#N)cc2F)cc1NC1CC1.CC(C)c1cnc(Nc2ccc3cnccc3n2)cc1NC1CC1. The fourth-order valence-electron chi connectivity index (χ4n) is 16.6. The van der Waals surface area contributed by atoms with Gasteiger partial charge in [-0.2, -0.15) is 5.26 Å². The van der Waals surface area contributed by atoms with E-state index in [9.17, 15) is 14.0 Å². The summed E-state index contributed by atoms with van der Waals surface area (Å²) in [6, 6.07) is 41.1. The van der Waals surface area contributed by atoms with Gasteiger partial charge in [-0.15, -0.1) is 11.3 Å². The standard InChI is InChI=1S/C26H32N6O.C24H28N6O.C19H21N5.C19H21N3S.C18H19FN4/c1-17(2)32-11-8-18(9-12-32)13-24(33)21-16-28-26(14-23(21)29-20-4-5-20)31-25-6-3-19-15-27-10-7-22(19)30-25;1-15(2)30-13-16(14-30)9-22(31)19-12-26-24(10-21(19)27-18-4-5-18)29-23-6-3-17-11-25-8-7-20(17)28-23;1-12(2)15-11-21-19(9-17(15)22-14-4-5-14)24-18-6-3-13-10-20-8-7-16(13)23-18;1-12(2)16-10-20-15(9-18(16)22-14-4-5-14)7-13-3-6-17-19(8-13)23-11-21-17;1-11(2)15-10-21-14(6-17(15)23-13-3-4-13)7-18-16(19)5-12(8-20)9-22-18/h3,6-7,10,14-18,20H,4-5,8-9,11-13H2,1-2H3,(H2,28,29,30,31);3,6-8,10-12,15-16,18H,4-5,9,13-14H2,1-2H3,(H2,26,27,28,29);3,6-12,14H,4-5H2,1-2H3,(H2,21,22,23,24);3,6,8-12,14H,4-5,7H2,1-2H3,(H,20,22);5-6,9-11,13H,3-4,7H2,1-2H3,(H,21,23). The molecule has 14 aromatic rings. The number of hydrogen-bond acceptors (Lipinski definition) is 27. The Bertz CT molecular complexity index is 6500. The fraction of sp³-hybridized carbons (Fsp3) is 0.396. The van der Waals surface area contributed by atoms with Gasteiger partial charge in [0.2, 0.25) is 0 Å². The summed E-state index contributed by atoms with van der Waals surface area (Å²) in [7, 11) is 0. The van der Waals surface area contributed by atoms with Gasteiger partial charge in [-0.1, -0.05) is 47.6 Å². The third-order valence-electron chi connectivity index (χ3n) is 25.3. The topological polar surface area (TPSA) is 328 Å². The monoisotopic (exact) mass is 1810 g/mol. The molecule has 690 valence electrons. The highest BCUT2D eigenvalue weighted by molar-refractivity contribution is 7.16. The number of aromatic nitrogens is 13. The summed E-state index contributed by atoms with van der Waals surface area (Å²) in [5, 5.41) is 39.5. The van der Waals surface area contributed by atoms with Crippen molar-refractivity contribution in [1.82, 2.24) is 74.6 Å². The Morgan fingerprint density at radius 2 is 0.821 bits per heavy atom. The summed E-state index contributed by atoms with van der Waals surface area (Å²) >= 11 is 1.69. The van der Waals surface area contributed by atoms with Crippen LogP contribution in [0.5, 0.6) is 0 Å². The summed E-state index contributed by atoms with van der Waals surface area (Å²) in [5.41, 5.74) is 19.8. The van der Waals surface area contributed by atoms with Crippen LogP contribution >= 0.6 is 11.3 Å². The normalized spacial score (nSPS) is 15.6. The highest BCUT2D eigenvalue weighted by Crippen LogP contribution is 2.39. The predicted molar refractivity (Wildman–Crippen MR) is 537 cm³/mol. The van der Waals surface area contributed by atoms with Crippen molar-refractivity contribution < 1.29 is 14.0 Å². The molecule has 134 heavy (non-hydrogen) atoms. The molecule has 0 amide bonds. The van der Waals surface area contributed by atoms with Crippen molar-refractivity contribution in [3.05, 3.63) is 251 Å². The van der Waals surface area contributed by atoms with E-state index in [1.807, 2.05) is 103 Å². The zero-order valence-corrected chi connectivity index (χ0v) is 79.0. The molecule has 8 N–H and O–H groups in total. The van der Waals surface area contributed by atoms with E-state index in [2.05, 4.69) is 218 Å². The van der Waals surface area contributed by atoms with E-state index in [-0.39, 0.29) is 17.1 Å². The zero-order valence-electron chi connectivity index (χ0n) is 78.2. The molecular formula is C106H121FN24O2S. The zero-order chi connectivity index (χ0) is 92.9. The number of pyridine rings is 12. The Hall–Kier alpha value is -13.2. The molecule has 0 spiro atoms. The number of piperidine rings is 1. The van der Waals surface area contributed by atoms with Crippen molar-refractivity contribution in [3.63, 3.8) is 0 Å². The van der Waals surface area contributed by atoms with E-state index in [1.165, 1.54) is 89.1 Å². The minimum atomic E-state index is -0.463. The molecule has 21 rings (SSSR count). The Morgan fingerprint density at radius 1 is 0.410 bits per heavy atom. The van der Waals surface area contributed by atoms with Crippen molar-refractivity contribution in [3.8, 4) is 6.07 Å². The average Bonchev–Trinajstić information content (AvgIpc) is 1.81. The molecule has 28 heteroatoms. The second-order valence-corrected chi connectivity index (χ2v) is 39.0. The summed E-state index contributed by atoms with van der Waals surface area (Å²) in [4.78, 5) is 88.6. The number of fused-ring (bicyclic) bond motifs is 4. The highest BCUT2D eigenvalue weighted by atomic mass is 32.1. The molecule has 2 saturated heterocycles. The Balaban J connectivity index is 0.000000118. The van der Waals surface area contributed by atoms with Crippen LogP contribution in [0.4, 0.5) is 67.7 Å². The number of halogens is 1. The number of nitrogens with zero attached hydrogens (tertiary/aromatic N) is 16. The number of anilines is 11. The molecule has 1 aromatic carbocycles. The van der Waals surface area contributed by atoms with Gasteiger partial charge in [0.15, 0.2) is 11.6 Å². The van der Waals surface area contributed by atoms with Crippen LogP contribution in [0.2, 0.25) is 0 Å². The van der Waals surface area contributed by atoms with Crippen molar-refractivity contribution in [2.75, 3.05) is 68.7 Å². The molecule has 0 bridgehead atoms. The lowest BCUT2D eigenvalue weighted by Gasteiger charge is -2.42. The number of carbonyl (C=O) groups is 2. The largest absolute Gasteiger partial charge is 0.382 e. The Kier molecular flexibility index (Phi) is 29.6. The van der Waals surface area contributed by atoms with Crippen molar-refractivity contribution in [1.29, 1.82) is 5.26 Å². The number of hydrogen-bond donors (Lipinski definition) is 8.